The standard InChI is InChI=1S/C26H23N5O2S/c1-33-23-10-6-5-9-22(23)25-29-30-26(31(25)16-15-19-7-3-2-4-8-19)34-18-24(32)28-21-13-11-20(17-27)12-14-21/h2-14H,15-16,18H2,1H3,(H,28,32). The smallest absolute Gasteiger partial charge is 0.234 e. The van der Waals surface area contributed by atoms with Gasteiger partial charge in [0.05, 0.1) is 30.1 Å². The summed E-state index contributed by atoms with van der Waals surface area (Å²) >= 11 is 1.33. The predicted molar refractivity (Wildman–Crippen MR) is 133 cm³/mol. The van der Waals surface area contributed by atoms with Crippen LogP contribution in [0.4, 0.5) is 5.69 Å². The number of aryl methyl sites for hydroxylation is 1. The molecule has 0 aliphatic rings. The zero-order valence-electron chi connectivity index (χ0n) is 18.6. The molecule has 0 bridgehead atoms. The van der Waals surface area contributed by atoms with Crippen LogP contribution in [0.3, 0.4) is 0 Å². The van der Waals surface area contributed by atoms with Gasteiger partial charge in [-0.2, -0.15) is 5.26 Å². The SMILES string of the molecule is COc1ccccc1-c1nnc(SCC(=O)Nc2ccc(C#N)cc2)n1CCc1ccccc1. The molecule has 0 aliphatic heterocycles. The normalized spacial score (nSPS) is 10.5. The van der Waals surface area contributed by atoms with Gasteiger partial charge in [-0.1, -0.05) is 54.2 Å². The Bertz CT molecular complexity index is 1300. The van der Waals surface area contributed by atoms with Crippen molar-refractivity contribution in [1.29, 1.82) is 5.26 Å². The van der Waals surface area contributed by atoms with Crippen LogP contribution in [-0.2, 0) is 17.8 Å². The summed E-state index contributed by atoms with van der Waals surface area (Å²) in [5.74, 6) is 1.43. The first-order chi connectivity index (χ1) is 16.7. The van der Waals surface area contributed by atoms with Crippen molar-refractivity contribution >= 4 is 23.4 Å². The van der Waals surface area contributed by atoms with Gasteiger partial charge in [0.25, 0.3) is 0 Å². The van der Waals surface area contributed by atoms with E-state index in [1.165, 1.54) is 17.3 Å². The fraction of sp³-hybridized carbons (Fsp3) is 0.154. The number of methoxy groups -OCH3 is 1. The molecule has 1 aromatic heterocycles. The van der Waals surface area contributed by atoms with Crippen LogP contribution in [0, 0.1) is 11.3 Å². The van der Waals surface area contributed by atoms with Crippen molar-refractivity contribution in [3.05, 3.63) is 90.0 Å². The van der Waals surface area contributed by atoms with Gasteiger partial charge in [0.2, 0.25) is 5.91 Å². The van der Waals surface area contributed by atoms with Crippen LogP contribution < -0.4 is 10.1 Å². The Hall–Kier alpha value is -4.09. The van der Waals surface area contributed by atoms with Crippen molar-refractivity contribution in [2.45, 2.75) is 18.1 Å². The van der Waals surface area contributed by atoms with Crippen LogP contribution in [0.2, 0.25) is 0 Å². The van der Waals surface area contributed by atoms with Gasteiger partial charge < -0.3 is 14.6 Å². The van der Waals surface area contributed by atoms with Gasteiger partial charge in [0.1, 0.15) is 5.75 Å². The molecule has 0 spiro atoms. The van der Waals surface area contributed by atoms with E-state index in [1.807, 2.05) is 47.0 Å². The highest BCUT2D eigenvalue weighted by molar-refractivity contribution is 7.99. The van der Waals surface area contributed by atoms with Gasteiger partial charge in [-0.25, -0.2) is 0 Å². The van der Waals surface area contributed by atoms with E-state index in [4.69, 9.17) is 10.00 Å². The maximum Gasteiger partial charge on any atom is 0.234 e. The zero-order valence-corrected chi connectivity index (χ0v) is 19.5. The van der Waals surface area contributed by atoms with Crippen molar-refractivity contribution in [3.8, 4) is 23.2 Å². The van der Waals surface area contributed by atoms with Crippen molar-refractivity contribution in [2.24, 2.45) is 0 Å². The topological polar surface area (TPSA) is 92.8 Å². The van der Waals surface area contributed by atoms with E-state index in [1.54, 1.807) is 31.4 Å². The Balaban J connectivity index is 1.53. The van der Waals surface area contributed by atoms with Crippen LogP contribution >= 0.6 is 11.8 Å². The maximum atomic E-state index is 12.5. The van der Waals surface area contributed by atoms with Gasteiger partial charge in [-0.15, -0.1) is 10.2 Å². The van der Waals surface area contributed by atoms with Crippen LogP contribution in [0.1, 0.15) is 11.1 Å². The molecule has 0 saturated heterocycles. The molecule has 4 aromatic rings. The molecule has 34 heavy (non-hydrogen) atoms. The minimum atomic E-state index is -0.161. The van der Waals surface area contributed by atoms with Gasteiger partial charge in [0.15, 0.2) is 11.0 Å². The molecule has 0 aliphatic carbocycles. The molecule has 1 heterocycles. The highest BCUT2D eigenvalue weighted by Gasteiger charge is 2.18. The van der Waals surface area contributed by atoms with E-state index in [9.17, 15) is 4.79 Å². The minimum absolute atomic E-state index is 0.161. The van der Waals surface area contributed by atoms with Crippen LogP contribution in [-0.4, -0.2) is 33.5 Å². The van der Waals surface area contributed by atoms with Gasteiger partial charge in [-0.05, 0) is 48.4 Å². The zero-order chi connectivity index (χ0) is 23.8. The summed E-state index contributed by atoms with van der Waals surface area (Å²) in [7, 11) is 1.63. The van der Waals surface area contributed by atoms with Crippen LogP contribution in [0.25, 0.3) is 11.4 Å². The number of anilines is 1. The molecule has 0 atom stereocenters. The Morgan fingerprint density at radius 3 is 2.50 bits per heavy atom. The fourth-order valence-electron chi connectivity index (χ4n) is 3.47. The first-order valence-corrected chi connectivity index (χ1v) is 11.7. The number of nitrogens with zero attached hydrogens (tertiary/aromatic N) is 4. The molecular formula is C26H23N5O2S. The molecule has 8 heteroatoms. The second-order valence-electron chi connectivity index (χ2n) is 7.42. The number of benzene rings is 3. The van der Waals surface area contributed by atoms with Gasteiger partial charge >= 0.3 is 0 Å². The maximum absolute atomic E-state index is 12.5. The summed E-state index contributed by atoms with van der Waals surface area (Å²) in [6.45, 7) is 0.657. The third-order valence-corrected chi connectivity index (χ3v) is 6.13. The Kier molecular flexibility index (Phi) is 7.58. The lowest BCUT2D eigenvalue weighted by Crippen LogP contribution is -2.15. The van der Waals surface area contributed by atoms with E-state index >= 15 is 0 Å². The molecule has 1 amide bonds. The number of para-hydroxylation sites is 1. The molecule has 0 fully saturated rings. The Morgan fingerprint density at radius 2 is 1.76 bits per heavy atom. The summed E-state index contributed by atoms with van der Waals surface area (Å²) in [6.07, 6.45) is 0.798. The third-order valence-electron chi connectivity index (χ3n) is 5.16. The Labute approximate surface area is 202 Å². The van der Waals surface area contributed by atoms with Crippen molar-refractivity contribution < 1.29 is 9.53 Å². The molecule has 7 nitrogen and oxygen atoms in total. The number of hydrogen-bond donors (Lipinski definition) is 1. The van der Waals surface area contributed by atoms with Crippen molar-refractivity contribution in [2.75, 3.05) is 18.2 Å². The van der Waals surface area contributed by atoms with Gasteiger partial charge in [-0.3, -0.25) is 4.79 Å². The third kappa shape index (κ3) is 5.63. The average molecular weight is 470 g/mol. The van der Waals surface area contributed by atoms with E-state index < -0.39 is 0 Å². The molecule has 3 aromatic carbocycles. The fourth-order valence-corrected chi connectivity index (χ4v) is 4.23. The summed E-state index contributed by atoms with van der Waals surface area (Å²) in [4.78, 5) is 12.5. The number of carbonyl (C=O) groups is 1. The molecule has 0 radical (unpaired) electrons. The molecule has 4 rings (SSSR count). The summed E-state index contributed by atoms with van der Waals surface area (Å²) < 4.78 is 7.57. The lowest BCUT2D eigenvalue weighted by Gasteiger charge is -2.12. The molecule has 1 N–H and O–H groups in total. The number of aromatic nitrogens is 3. The number of hydrogen-bond acceptors (Lipinski definition) is 6. The quantitative estimate of drug-likeness (QED) is 0.354. The van der Waals surface area contributed by atoms with E-state index in [-0.39, 0.29) is 11.7 Å². The van der Waals surface area contributed by atoms with Gasteiger partial charge in [0, 0.05) is 12.2 Å². The highest BCUT2D eigenvalue weighted by Crippen LogP contribution is 2.31. The Morgan fingerprint density at radius 1 is 1.03 bits per heavy atom. The first kappa shape index (κ1) is 23.1. The van der Waals surface area contributed by atoms with E-state index in [0.29, 0.717) is 34.5 Å². The van der Waals surface area contributed by atoms with E-state index in [0.717, 1.165) is 12.0 Å². The molecule has 170 valence electrons. The monoisotopic (exact) mass is 469 g/mol. The summed E-state index contributed by atoms with van der Waals surface area (Å²) in [6, 6.07) is 26.7. The lowest BCUT2D eigenvalue weighted by molar-refractivity contribution is -0.113. The number of rotatable bonds is 9. The highest BCUT2D eigenvalue weighted by atomic mass is 32.2. The van der Waals surface area contributed by atoms with Crippen molar-refractivity contribution in [3.63, 3.8) is 0 Å². The molecular weight excluding hydrogens is 446 g/mol. The predicted octanol–water partition coefficient (Wildman–Crippen LogP) is 4.80. The number of ether oxygens (including phenoxy) is 1. The number of nitriles is 1. The molecule has 0 unspecified atom stereocenters. The lowest BCUT2D eigenvalue weighted by atomic mass is 10.1. The van der Waals surface area contributed by atoms with E-state index in [2.05, 4.69) is 33.7 Å². The van der Waals surface area contributed by atoms with Crippen molar-refractivity contribution in [1.82, 2.24) is 14.8 Å². The summed E-state index contributed by atoms with van der Waals surface area (Å²) in [5, 5.41) is 21.3. The van der Waals surface area contributed by atoms with Crippen LogP contribution in [0.5, 0.6) is 5.75 Å². The number of carbonyl (C=O) groups excluding carboxylic acids is 1. The first-order valence-electron chi connectivity index (χ1n) is 10.7. The average Bonchev–Trinajstić information content (AvgIpc) is 3.29. The minimum Gasteiger partial charge on any atom is -0.496 e. The molecule has 0 saturated carbocycles. The second kappa shape index (κ2) is 11.2. The number of amides is 1. The largest absolute Gasteiger partial charge is 0.496 e. The number of thioether (sulfide) groups is 1. The second-order valence-corrected chi connectivity index (χ2v) is 8.36. The van der Waals surface area contributed by atoms with Crippen LogP contribution in [0.15, 0.2) is 84.0 Å². The summed E-state index contributed by atoms with van der Waals surface area (Å²) in [5.41, 5.74) is 3.24. The number of nitrogens with one attached hydrogen (secondary N) is 1.